The van der Waals surface area contributed by atoms with Gasteiger partial charge in [0.2, 0.25) is 0 Å². The molecular weight excluding hydrogens is 284 g/mol. The quantitative estimate of drug-likeness (QED) is 0.664. The van der Waals surface area contributed by atoms with Crippen LogP contribution in [0.25, 0.3) is 0 Å². The van der Waals surface area contributed by atoms with E-state index in [-0.39, 0.29) is 17.8 Å². The van der Waals surface area contributed by atoms with Gasteiger partial charge in [-0.05, 0) is 18.2 Å². The Bertz CT molecular complexity index is 446. The summed E-state index contributed by atoms with van der Waals surface area (Å²) in [5, 5.41) is 21.8. The molecule has 1 aliphatic rings. The summed E-state index contributed by atoms with van der Waals surface area (Å²) in [6, 6.07) is 7.50. The topological polar surface area (TPSA) is 80.1 Å². The zero-order valence-corrected chi connectivity index (χ0v) is 10.7. The molecule has 0 aliphatic carbocycles. The molecule has 5 nitrogen and oxygen atoms in total. The Labute approximate surface area is 108 Å². The molecule has 0 aromatic heterocycles. The molecule has 17 heavy (non-hydrogen) atoms. The van der Waals surface area contributed by atoms with Gasteiger partial charge < -0.3 is 5.11 Å². The molecule has 2 rings (SSSR count). The first-order valence-electron chi connectivity index (χ1n) is 5.29. The molecular formula is C11H13BrN4O. The van der Waals surface area contributed by atoms with Crippen molar-refractivity contribution in [3.8, 4) is 11.8 Å². The van der Waals surface area contributed by atoms with Gasteiger partial charge in [0.15, 0.2) is 0 Å². The van der Waals surface area contributed by atoms with Crippen LogP contribution >= 0.6 is 15.9 Å². The second kappa shape index (κ2) is 5.47. The maximum absolute atomic E-state index is 9.67. The van der Waals surface area contributed by atoms with Crippen LogP contribution in [0.1, 0.15) is 5.56 Å². The van der Waals surface area contributed by atoms with Crippen molar-refractivity contribution in [3.05, 3.63) is 28.2 Å². The van der Waals surface area contributed by atoms with Crippen molar-refractivity contribution in [3.63, 3.8) is 0 Å². The summed E-state index contributed by atoms with van der Waals surface area (Å²) in [6.07, 6.45) is -0.0987. The highest BCUT2D eigenvalue weighted by molar-refractivity contribution is 9.10. The molecule has 1 aromatic rings. The van der Waals surface area contributed by atoms with E-state index in [4.69, 9.17) is 5.26 Å². The van der Waals surface area contributed by atoms with Crippen LogP contribution in [-0.4, -0.2) is 17.8 Å². The number of aromatic hydroxyl groups is 1. The number of phenolic OH excluding ortho intramolecular Hbond substituents is 1. The minimum absolute atomic E-state index is 0.0987. The molecule has 0 spiro atoms. The number of hydrogen-bond acceptors (Lipinski definition) is 5. The zero-order chi connectivity index (χ0) is 12.3. The number of rotatable bonds is 3. The molecule has 2 atom stereocenters. The SMILES string of the molecule is N#CC1CNNC1NCc1cc(Br)ccc1O. The molecule has 1 aromatic carbocycles. The Morgan fingerprint density at radius 2 is 2.41 bits per heavy atom. The Balaban J connectivity index is 1.98. The van der Waals surface area contributed by atoms with Gasteiger partial charge in [-0.3, -0.25) is 10.7 Å². The van der Waals surface area contributed by atoms with Gasteiger partial charge >= 0.3 is 0 Å². The number of benzene rings is 1. The van der Waals surface area contributed by atoms with Crippen LogP contribution in [0, 0.1) is 17.2 Å². The maximum atomic E-state index is 9.67. The van der Waals surface area contributed by atoms with Gasteiger partial charge in [-0.1, -0.05) is 15.9 Å². The van der Waals surface area contributed by atoms with Crippen LogP contribution in [-0.2, 0) is 6.54 Å². The molecule has 1 saturated heterocycles. The van der Waals surface area contributed by atoms with Gasteiger partial charge in [-0.15, -0.1) is 0 Å². The molecule has 6 heteroatoms. The van der Waals surface area contributed by atoms with Gasteiger partial charge in [0.1, 0.15) is 5.75 Å². The van der Waals surface area contributed by atoms with E-state index in [0.29, 0.717) is 13.1 Å². The molecule has 0 saturated carbocycles. The fourth-order valence-corrected chi connectivity index (χ4v) is 2.13. The van der Waals surface area contributed by atoms with Crippen molar-refractivity contribution in [2.75, 3.05) is 6.54 Å². The van der Waals surface area contributed by atoms with Crippen LogP contribution in [0.3, 0.4) is 0 Å². The molecule has 1 fully saturated rings. The van der Waals surface area contributed by atoms with Crippen LogP contribution < -0.4 is 16.2 Å². The molecule has 1 aliphatic heterocycles. The second-order valence-corrected chi connectivity index (χ2v) is 4.81. The number of phenols is 1. The predicted octanol–water partition coefficient (Wildman–Crippen LogP) is 0.818. The highest BCUT2D eigenvalue weighted by Gasteiger charge is 2.25. The average Bonchev–Trinajstić information content (AvgIpc) is 2.77. The largest absolute Gasteiger partial charge is 0.508 e. The Morgan fingerprint density at radius 3 is 3.18 bits per heavy atom. The van der Waals surface area contributed by atoms with E-state index in [1.165, 1.54) is 0 Å². The van der Waals surface area contributed by atoms with Gasteiger partial charge in [-0.2, -0.15) is 5.26 Å². The fraction of sp³-hybridized carbons (Fsp3) is 0.364. The molecule has 0 radical (unpaired) electrons. The first kappa shape index (κ1) is 12.3. The lowest BCUT2D eigenvalue weighted by Crippen LogP contribution is -2.43. The summed E-state index contributed by atoms with van der Waals surface area (Å²) in [6.45, 7) is 1.13. The molecule has 0 amide bonds. The van der Waals surface area contributed by atoms with Crippen molar-refractivity contribution in [1.82, 2.24) is 16.2 Å². The van der Waals surface area contributed by atoms with E-state index >= 15 is 0 Å². The fourth-order valence-electron chi connectivity index (χ4n) is 1.73. The van der Waals surface area contributed by atoms with E-state index in [1.807, 2.05) is 6.07 Å². The maximum Gasteiger partial charge on any atom is 0.120 e. The number of hydrazine groups is 1. The first-order chi connectivity index (χ1) is 8.20. The third-order valence-corrected chi connectivity index (χ3v) is 3.19. The molecule has 4 N–H and O–H groups in total. The lowest BCUT2D eigenvalue weighted by atomic mass is 10.1. The first-order valence-corrected chi connectivity index (χ1v) is 6.09. The van der Waals surface area contributed by atoms with Crippen molar-refractivity contribution in [2.24, 2.45) is 5.92 Å². The minimum atomic E-state index is -0.107. The minimum Gasteiger partial charge on any atom is -0.508 e. The summed E-state index contributed by atoms with van der Waals surface area (Å²) < 4.78 is 0.918. The normalized spacial score (nSPS) is 23.5. The number of nitrogens with zero attached hydrogens (tertiary/aromatic N) is 1. The third-order valence-electron chi connectivity index (χ3n) is 2.70. The predicted molar refractivity (Wildman–Crippen MR) is 66.7 cm³/mol. The van der Waals surface area contributed by atoms with Crippen LogP contribution in [0.2, 0.25) is 0 Å². The summed E-state index contributed by atoms with van der Waals surface area (Å²) in [5.41, 5.74) is 6.71. The lowest BCUT2D eigenvalue weighted by molar-refractivity contribution is 0.411. The van der Waals surface area contributed by atoms with E-state index in [2.05, 4.69) is 38.2 Å². The van der Waals surface area contributed by atoms with Crippen LogP contribution in [0.5, 0.6) is 5.75 Å². The van der Waals surface area contributed by atoms with Gasteiger partial charge in [0, 0.05) is 23.1 Å². The standard InChI is InChI=1S/C11H13BrN4O/c12-9-1-2-10(17)7(3-9)5-14-11-8(4-13)6-15-16-11/h1-3,8,11,14-17H,5-6H2. The number of nitriles is 1. The van der Waals surface area contributed by atoms with Crippen molar-refractivity contribution >= 4 is 15.9 Å². The van der Waals surface area contributed by atoms with Crippen LogP contribution in [0.15, 0.2) is 22.7 Å². The Kier molecular flexibility index (Phi) is 3.97. The van der Waals surface area contributed by atoms with E-state index in [1.54, 1.807) is 12.1 Å². The summed E-state index contributed by atoms with van der Waals surface area (Å²) >= 11 is 3.36. The highest BCUT2D eigenvalue weighted by Crippen LogP contribution is 2.21. The van der Waals surface area contributed by atoms with Crippen molar-refractivity contribution in [1.29, 1.82) is 5.26 Å². The third kappa shape index (κ3) is 2.96. The van der Waals surface area contributed by atoms with E-state index < -0.39 is 0 Å². The highest BCUT2D eigenvalue weighted by atomic mass is 79.9. The van der Waals surface area contributed by atoms with Crippen LogP contribution in [0.4, 0.5) is 0 Å². The van der Waals surface area contributed by atoms with E-state index in [0.717, 1.165) is 10.0 Å². The van der Waals surface area contributed by atoms with Gasteiger partial charge in [-0.25, -0.2) is 5.43 Å². The molecule has 0 bridgehead atoms. The number of halogens is 1. The number of hydrogen-bond donors (Lipinski definition) is 4. The van der Waals surface area contributed by atoms with Crippen molar-refractivity contribution in [2.45, 2.75) is 12.7 Å². The smallest absolute Gasteiger partial charge is 0.120 e. The second-order valence-electron chi connectivity index (χ2n) is 3.89. The zero-order valence-electron chi connectivity index (χ0n) is 9.07. The van der Waals surface area contributed by atoms with Gasteiger partial charge in [0.05, 0.1) is 18.2 Å². The summed E-state index contributed by atoms with van der Waals surface area (Å²) in [5.74, 6) is 0.143. The molecule has 1 heterocycles. The summed E-state index contributed by atoms with van der Waals surface area (Å²) in [4.78, 5) is 0. The Morgan fingerprint density at radius 1 is 1.59 bits per heavy atom. The monoisotopic (exact) mass is 296 g/mol. The average molecular weight is 297 g/mol. The summed E-state index contributed by atoms with van der Waals surface area (Å²) in [7, 11) is 0. The molecule has 2 unspecified atom stereocenters. The van der Waals surface area contributed by atoms with Crippen molar-refractivity contribution < 1.29 is 5.11 Å². The molecule has 90 valence electrons. The van der Waals surface area contributed by atoms with Gasteiger partial charge in [0.25, 0.3) is 0 Å². The van der Waals surface area contributed by atoms with E-state index in [9.17, 15) is 5.11 Å². The Hall–Kier alpha value is -1.13. The lowest BCUT2D eigenvalue weighted by Gasteiger charge is -2.15. The number of nitrogens with one attached hydrogen (secondary N) is 3.